The first-order chi connectivity index (χ1) is 11.5. The monoisotopic (exact) mass is 350 g/mol. The maximum absolute atomic E-state index is 14.1. The van der Waals surface area contributed by atoms with Crippen LogP contribution in [0.1, 0.15) is 12.2 Å². The molecular weight excluding hydrogens is 338 g/mol. The Morgan fingerprint density at radius 2 is 2.04 bits per heavy atom. The van der Waals surface area contributed by atoms with Crippen molar-refractivity contribution in [1.82, 2.24) is 14.5 Å². The number of pyridine rings is 1. The van der Waals surface area contributed by atoms with Crippen LogP contribution in [0.25, 0.3) is 16.6 Å². The molecule has 0 aliphatic rings. The van der Waals surface area contributed by atoms with E-state index in [0.29, 0.717) is 19.4 Å². The average molecular weight is 351 g/mol. The first-order valence-corrected chi connectivity index (χ1v) is 7.61. The number of nitrogens with zero attached hydrogens (tertiary/aromatic N) is 3. The summed E-state index contributed by atoms with van der Waals surface area (Å²) in [5.41, 5.74) is 5.02. The molecule has 0 radical (unpaired) electrons. The van der Waals surface area contributed by atoms with Crippen molar-refractivity contribution in [3.63, 3.8) is 0 Å². The van der Waals surface area contributed by atoms with Gasteiger partial charge in [-0.3, -0.25) is 14.3 Å². The standard InChI is InChI=1S/C16H13ClF2N4O/c17-11-3-4-12(19)15-14(11)16(24)23(13(22-15)2-1-5-20)10-6-9(18)7-21-8-10/h3-4,6-8H,1-2,5,20H2. The number of rotatable bonds is 4. The SMILES string of the molecule is NCCCc1nc2c(F)ccc(Cl)c2c(=O)n1-c1cncc(F)c1. The van der Waals surface area contributed by atoms with Gasteiger partial charge in [0, 0.05) is 12.5 Å². The van der Waals surface area contributed by atoms with E-state index in [2.05, 4.69) is 9.97 Å². The molecule has 1 aromatic carbocycles. The van der Waals surface area contributed by atoms with Crippen LogP contribution in [0.4, 0.5) is 8.78 Å². The average Bonchev–Trinajstić information content (AvgIpc) is 2.56. The molecule has 0 aliphatic heterocycles. The van der Waals surface area contributed by atoms with Crippen LogP contribution < -0.4 is 11.3 Å². The van der Waals surface area contributed by atoms with Gasteiger partial charge in [-0.15, -0.1) is 0 Å². The summed E-state index contributed by atoms with van der Waals surface area (Å²) in [5, 5.41) is 0.0183. The van der Waals surface area contributed by atoms with Crippen molar-refractivity contribution in [3.05, 3.63) is 63.4 Å². The highest BCUT2D eigenvalue weighted by Gasteiger charge is 2.18. The van der Waals surface area contributed by atoms with Crippen molar-refractivity contribution in [3.8, 4) is 5.69 Å². The molecule has 0 saturated carbocycles. The molecule has 0 unspecified atom stereocenters. The second-order valence-electron chi connectivity index (χ2n) is 5.17. The van der Waals surface area contributed by atoms with E-state index in [-0.39, 0.29) is 27.4 Å². The summed E-state index contributed by atoms with van der Waals surface area (Å²) in [6, 6.07) is 3.59. The maximum atomic E-state index is 14.1. The van der Waals surface area contributed by atoms with E-state index in [1.54, 1.807) is 0 Å². The predicted molar refractivity (Wildman–Crippen MR) is 87.4 cm³/mol. The fourth-order valence-corrected chi connectivity index (χ4v) is 2.71. The molecule has 3 rings (SSSR count). The molecule has 0 aliphatic carbocycles. The smallest absolute Gasteiger partial charge is 0.267 e. The second kappa shape index (κ2) is 6.62. The Labute approximate surface area is 140 Å². The van der Waals surface area contributed by atoms with Crippen LogP contribution in [0.3, 0.4) is 0 Å². The van der Waals surface area contributed by atoms with Crippen molar-refractivity contribution in [1.29, 1.82) is 0 Å². The lowest BCUT2D eigenvalue weighted by Gasteiger charge is -2.14. The summed E-state index contributed by atoms with van der Waals surface area (Å²) in [7, 11) is 0. The van der Waals surface area contributed by atoms with Crippen LogP contribution in [-0.4, -0.2) is 21.1 Å². The third-order valence-corrected chi connectivity index (χ3v) is 3.86. The van der Waals surface area contributed by atoms with Crippen molar-refractivity contribution in [2.75, 3.05) is 6.54 Å². The Balaban J connectivity index is 2.39. The van der Waals surface area contributed by atoms with Crippen LogP contribution in [0.15, 0.2) is 35.4 Å². The minimum Gasteiger partial charge on any atom is -0.330 e. The van der Waals surface area contributed by atoms with Gasteiger partial charge in [0.05, 0.1) is 28.5 Å². The molecule has 0 saturated heterocycles. The first kappa shape index (κ1) is 16.5. The maximum Gasteiger partial charge on any atom is 0.267 e. The lowest BCUT2D eigenvalue weighted by atomic mass is 10.2. The van der Waals surface area contributed by atoms with Crippen LogP contribution in [0.5, 0.6) is 0 Å². The topological polar surface area (TPSA) is 73.8 Å². The molecular formula is C16H13ClF2N4O. The van der Waals surface area contributed by atoms with E-state index in [4.69, 9.17) is 17.3 Å². The molecule has 5 nitrogen and oxygen atoms in total. The van der Waals surface area contributed by atoms with E-state index in [1.165, 1.54) is 16.8 Å². The highest BCUT2D eigenvalue weighted by molar-refractivity contribution is 6.35. The Bertz CT molecular complexity index is 974. The third-order valence-electron chi connectivity index (χ3n) is 3.55. The lowest BCUT2D eigenvalue weighted by Crippen LogP contribution is -2.25. The molecule has 0 amide bonds. The van der Waals surface area contributed by atoms with Crippen molar-refractivity contribution >= 4 is 22.5 Å². The lowest BCUT2D eigenvalue weighted by molar-refractivity contribution is 0.617. The zero-order valence-electron chi connectivity index (χ0n) is 12.5. The minimum atomic E-state index is -0.648. The van der Waals surface area contributed by atoms with Crippen LogP contribution in [-0.2, 0) is 6.42 Å². The molecule has 8 heteroatoms. The van der Waals surface area contributed by atoms with Gasteiger partial charge in [-0.2, -0.15) is 0 Å². The summed E-state index contributed by atoms with van der Waals surface area (Å²) in [4.78, 5) is 20.9. The number of hydrogen-bond donors (Lipinski definition) is 1. The number of fused-ring (bicyclic) bond motifs is 1. The van der Waals surface area contributed by atoms with Gasteiger partial charge in [0.2, 0.25) is 0 Å². The van der Waals surface area contributed by atoms with E-state index < -0.39 is 17.2 Å². The normalized spacial score (nSPS) is 11.2. The van der Waals surface area contributed by atoms with Gasteiger partial charge in [0.1, 0.15) is 23.0 Å². The summed E-state index contributed by atoms with van der Waals surface area (Å²) in [6.45, 7) is 0.368. The van der Waals surface area contributed by atoms with Gasteiger partial charge in [0.15, 0.2) is 0 Å². The fourth-order valence-electron chi connectivity index (χ4n) is 2.48. The predicted octanol–water partition coefficient (Wildman–Crippen LogP) is 2.60. The Kier molecular flexibility index (Phi) is 4.55. The first-order valence-electron chi connectivity index (χ1n) is 7.23. The summed E-state index contributed by atoms with van der Waals surface area (Å²) < 4.78 is 28.8. The zero-order valence-corrected chi connectivity index (χ0v) is 13.2. The van der Waals surface area contributed by atoms with E-state index >= 15 is 0 Å². The molecule has 0 bridgehead atoms. The van der Waals surface area contributed by atoms with Crippen LogP contribution in [0, 0.1) is 11.6 Å². The van der Waals surface area contributed by atoms with Gasteiger partial charge in [-0.1, -0.05) is 11.6 Å². The van der Waals surface area contributed by atoms with E-state index in [1.807, 2.05) is 0 Å². The molecule has 0 fully saturated rings. The molecule has 0 atom stereocenters. The number of nitrogens with two attached hydrogens (primary N) is 1. The second-order valence-corrected chi connectivity index (χ2v) is 5.58. The third kappa shape index (κ3) is 2.88. The Morgan fingerprint density at radius 3 is 2.75 bits per heavy atom. The van der Waals surface area contributed by atoms with Crippen molar-refractivity contribution in [2.24, 2.45) is 5.73 Å². The van der Waals surface area contributed by atoms with Crippen molar-refractivity contribution in [2.45, 2.75) is 12.8 Å². The number of aromatic nitrogens is 3. The van der Waals surface area contributed by atoms with Gasteiger partial charge in [-0.25, -0.2) is 13.8 Å². The molecule has 124 valence electrons. The van der Waals surface area contributed by atoms with Gasteiger partial charge in [-0.05, 0) is 25.1 Å². The summed E-state index contributed by atoms with van der Waals surface area (Å²) in [5.74, 6) is -0.980. The van der Waals surface area contributed by atoms with Gasteiger partial charge >= 0.3 is 0 Å². The molecule has 24 heavy (non-hydrogen) atoms. The Hall–Kier alpha value is -2.38. The molecule has 3 aromatic rings. The van der Waals surface area contributed by atoms with E-state index in [9.17, 15) is 13.6 Å². The van der Waals surface area contributed by atoms with E-state index in [0.717, 1.165) is 18.3 Å². The highest BCUT2D eigenvalue weighted by Crippen LogP contribution is 2.23. The largest absolute Gasteiger partial charge is 0.330 e. The summed E-state index contributed by atoms with van der Waals surface area (Å²) >= 11 is 6.05. The number of halogens is 3. The quantitative estimate of drug-likeness (QED) is 0.785. The number of benzene rings is 1. The zero-order chi connectivity index (χ0) is 17.3. The highest BCUT2D eigenvalue weighted by atomic mass is 35.5. The van der Waals surface area contributed by atoms with Gasteiger partial charge < -0.3 is 5.73 Å². The number of aryl methyl sites for hydroxylation is 1. The van der Waals surface area contributed by atoms with Crippen LogP contribution in [0.2, 0.25) is 5.02 Å². The molecule has 2 heterocycles. The fraction of sp³-hybridized carbons (Fsp3) is 0.188. The molecule has 0 spiro atoms. The van der Waals surface area contributed by atoms with Crippen LogP contribution >= 0.6 is 11.6 Å². The number of hydrogen-bond acceptors (Lipinski definition) is 4. The van der Waals surface area contributed by atoms with Crippen molar-refractivity contribution < 1.29 is 8.78 Å². The summed E-state index contributed by atoms with van der Waals surface area (Å²) in [6.07, 6.45) is 3.21. The Morgan fingerprint density at radius 1 is 1.25 bits per heavy atom. The minimum absolute atomic E-state index is 0.0579. The molecule has 2 N–H and O–H groups in total. The molecule has 2 aromatic heterocycles. The van der Waals surface area contributed by atoms with Gasteiger partial charge in [0.25, 0.3) is 5.56 Å².